The second kappa shape index (κ2) is 8.89. The van der Waals surface area contributed by atoms with Gasteiger partial charge in [-0.3, -0.25) is 19.8 Å². The molecule has 0 atom stereocenters. The number of likely N-dealkylation sites (N-methyl/N-ethyl adjacent to an activating group) is 1. The number of anilines is 2. The summed E-state index contributed by atoms with van der Waals surface area (Å²) in [5.74, 6) is -1.35. The van der Waals surface area contributed by atoms with E-state index in [9.17, 15) is 23.6 Å². The molecule has 1 saturated heterocycles. The van der Waals surface area contributed by atoms with Crippen LogP contribution in [0.2, 0.25) is 0 Å². The first-order valence-corrected chi connectivity index (χ1v) is 9.11. The van der Waals surface area contributed by atoms with Crippen LogP contribution in [0.15, 0.2) is 18.2 Å². The second-order valence-electron chi connectivity index (χ2n) is 7.65. The largest absolute Gasteiger partial charge is 0.444 e. The third-order valence-corrected chi connectivity index (χ3v) is 3.91. The van der Waals surface area contributed by atoms with Gasteiger partial charge in [0, 0.05) is 20.0 Å². The van der Waals surface area contributed by atoms with Gasteiger partial charge in [0.25, 0.3) is 0 Å². The minimum Gasteiger partial charge on any atom is -0.444 e. The van der Waals surface area contributed by atoms with Gasteiger partial charge in [-0.1, -0.05) is 0 Å². The van der Waals surface area contributed by atoms with Crippen molar-refractivity contribution in [1.29, 1.82) is 0 Å². The molecular formula is C19H25FN4O5. The summed E-state index contributed by atoms with van der Waals surface area (Å²) in [7, 11) is 1.52. The van der Waals surface area contributed by atoms with E-state index in [0.29, 0.717) is 0 Å². The lowest BCUT2D eigenvalue weighted by Gasteiger charge is -2.20. The molecule has 1 aliphatic rings. The lowest BCUT2D eigenvalue weighted by molar-refractivity contribution is -0.125. The predicted octanol–water partition coefficient (Wildman–Crippen LogP) is 2.79. The third-order valence-electron chi connectivity index (χ3n) is 3.91. The normalized spacial score (nSPS) is 14.2. The summed E-state index contributed by atoms with van der Waals surface area (Å²) in [5, 5.41) is 5.00. The number of hydrogen-bond donors (Lipinski definition) is 2. The molecule has 0 radical (unpaired) electrons. The molecule has 1 aliphatic heterocycles. The van der Waals surface area contributed by atoms with Crippen LogP contribution in [0.3, 0.4) is 0 Å². The number of imide groups is 1. The van der Waals surface area contributed by atoms with E-state index in [4.69, 9.17) is 4.74 Å². The average Bonchev–Trinajstić information content (AvgIpc) is 2.81. The van der Waals surface area contributed by atoms with E-state index in [0.717, 1.165) is 17.0 Å². The number of halogens is 1. The number of nitrogens with one attached hydrogen (secondary N) is 2. The van der Waals surface area contributed by atoms with Gasteiger partial charge < -0.3 is 15.0 Å². The van der Waals surface area contributed by atoms with Crippen LogP contribution < -0.4 is 10.6 Å². The maximum Gasteiger partial charge on any atom is 0.412 e. The number of urea groups is 1. The summed E-state index contributed by atoms with van der Waals surface area (Å²) in [5.41, 5.74) is -0.457. The van der Waals surface area contributed by atoms with Gasteiger partial charge in [0.05, 0.1) is 11.4 Å². The van der Waals surface area contributed by atoms with E-state index in [1.165, 1.54) is 18.0 Å². The number of rotatable bonds is 6. The van der Waals surface area contributed by atoms with E-state index >= 15 is 0 Å². The molecule has 1 fully saturated rings. The zero-order valence-corrected chi connectivity index (χ0v) is 16.9. The molecule has 0 aliphatic carbocycles. The Bertz CT molecular complexity index is 821. The minimum atomic E-state index is -0.741. The molecule has 10 heteroatoms. The van der Waals surface area contributed by atoms with Crippen molar-refractivity contribution in [1.82, 2.24) is 9.80 Å². The van der Waals surface area contributed by atoms with Crippen LogP contribution in [0.4, 0.5) is 25.4 Å². The molecule has 0 bridgehead atoms. The maximum absolute atomic E-state index is 13.6. The van der Waals surface area contributed by atoms with Gasteiger partial charge in [-0.2, -0.15) is 0 Å². The van der Waals surface area contributed by atoms with Gasteiger partial charge in [0.2, 0.25) is 11.8 Å². The average molecular weight is 408 g/mol. The molecule has 0 spiro atoms. The summed E-state index contributed by atoms with van der Waals surface area (Å²) in [6.45, 7) is 5.24. The summed E-state index contributed by atoms with van der Waals surface area (Å²) in [6, 6.07) is 3.13. The monoisotopic (exact) mass is 408 g/mol. The van der Waals surface area contributed by atoms with Crippen molar-refractivity contribution in [3.8, 4) is 0 Å². The van der Waals surface area contributed by atoms with Crippen LogP contribution >= 0.6 is 0 Å². The van der Waals surface area contributed by atoms with Crippen molar-refractivity contribution in [3.05, 3.63) is 24.0 Å². The minimum absolute atomic E-state index is 0.00314. The molecule has 0 aromatic heterocycles. The van der Waals surface area contributed by atoms with Crippen molar-refractivity contribution >= 4 is 35.3 Å². The van der Waals surface area contributed by atoms with Crippen molar-refractivity contribution in [2.45, 2.75) is 39.2 Å². The first-order valence-electron chi connectivity index (χ1n) is 9.11. The number of carbonyl (C=O) groups is 4. The van der Waals surface area contributed by atoms with Gasteiger partial charge >= 0.3 is 12.1 Å². The van der Waals surface area contributed by atoms with E-state index in [1.54, 1.807) is 20.8 Å². The summed E-state index contributed by atoms with van der Waals surface area (Å²) in [6.07, 6.45) is -0.487. The number of nitrogens with zero attached hydrogens (tertiary/aromatic N) is 2. The standard InChI is InChI=1S/C19H25FN4O5/c1-19(2,3)29-17(27)22-13-8-7-12(20)10-14(13)21-15(25)6-5-9-24-16(26)11-23(4)18(24)28/h7-8,10H,5-6,9,11H2,1-4H3,(H,21,25)(H,22,27). The highest BCUT2D eigenvalue weighted by Crippen LogP contribution is 2.24. The van der Waals surface area contributed by atoms with Gasteiger partial charge in [0.1, 0.15) is 18.0 Å². The Morgan fingerprint density at radius 3 is 2.45 bits per heavy atom. The Labute approximate surface area is 168 Å². The van der Waals surface area contributed by atoms with Gasteiger partial charge in [0.15, 0.2) is 0 Å². The van der Waals surface area contributed by atoms with Crippen molar-refractivity contribution in [2.24, 2.45) is 0 Å². The molecule has 2 N–H and O–H groups in total. The smallest absolute Gasteiger partial charge is 0.412 e. The zero-order chi connectivity index (χ0) is 21.8. The number of carbonyl (C=O) groups excluding carboxylic acids is 4. The molecule has 29 heavy (non-hydrogen) atoms. The summed E-state index contributed by atoms with van der Waals surface area (Å²) >= 11 is 0. The zero-order valence-electron chi connectivity index (χ0n) is 16.9. The van der Waals surface area contributed by atoms with Crippen molar-refractivity contribution in [2.75, 3.05) is 30.8 Å². The quantitative estimate of drug-likeness (QED) is 0.704. The molecule has 9 nitrogen and oxygen atoms in total. The maximum atomic E-state index is 13.6. The summed E-state index contributed by atoms with van der Waals surface area (Å²) < 4.78 is 18.8. The molecule has 0 saturated carbocycles. The van der Waals surface area contributed by atoms with E-state index < -0.39 is 29.4 Å². The number of hydrogen-bond acceptors (Lipinski definition) is 5. The van der Waals surface area contributed by atoms with Crippen LogP contribution in [0.5, 0.6) is 0 Å². The first-order chi connectivity index (χ1) is 13.5. The number of amides is 5. The van der Waals surface area contributed by atoms with Crippen molar-refractivity contribution < 1.29 is 28.3 Å². The highest BCUT2D eigenvalue weighted by Gasteiger charge is 2.32. The van der Waals surface area contributed by atoms with E-state index in [1.807, 2.05) is 0 Å². The fourth-order valence-corrected chi connectivity index (χ4v) is 2.64. The summed E-state index contributed by atoms with van der Waals surface area (Å²) in [4.78, 5) is 50.1. The molecular weight excluding hydrogens is 383 g/mol. The third kappa shape index (κ3) is 6.44. The van der Waals surface area contributed by atoms with Crippen LogP contribution in [0.25, 0.3) is 0 Å². The van der Waals surface area contributed by atoms with Gasteiger partial charge in [-0.05, 0) is 45.4 Å². The van der Waals surface area contributed by atoms with Crippen molar-refractivity contribution in [3.63, 3.8) is 0 Å². The molecule has 1 aromatic carbocycles. The first kappa shape index (κ1) is 22.1. The SMILES string of the molecule is CN1CC(=O)N(CCCC(=O)Nc2cc(F)ccc2NC(=O)OC(C)(C)C)C1=O. The fourth-order valence-electron chi connectivity index (χ4n) is 2.64. The van der Waals surface area contributed by atoms with Crippen LogP contribution in [0.1, 0.15) is 33.6 Å². The molecule has 158 valence electrons. The fraction of sp³-hybridized carbons (Fsp3) is 0.474. The lowest BCUT2D eigenvalue weighted by atomic mass is 10.2. The van der Waals surface area contributed by atoms with Gasteiger partial charge in [-0.25, -0.2) is 14.0 Å². The molecule has 0 unspecified atom stereocenters. The Morgan fingerprint density at radius 2 is 1.86 bits per heavy atom. The Morgan fingerprint density at radius 1 is 1.17 bits per heavy atom. The second-order valence-corrected chi connectivity index (χ2v) is 7.65. The van der Waals surface area contributed by atoms with Crippen LogP contribution in [-0.2, 0) is 14.3 Å². The Hall–Kier alpha value is -3.17. The van der Waals surface area contributed by atoms with Crippen LogP contribution in [-0.4, -0.2) is 59.5 Å². The Balaban J connectivity index is 1.94. The lowest BCUT2D eigenvalue weighted by Crippen LogP contribution is -2.33. The number of benzene rings is 1. The highest BCUT2D eigenvalue weighted by atomic mass is 19.1. The topological polar surface area (TPSA) is 108 Å². The number of ether oxygens (including phenoxy) is 1. The molecule has 1 heterocycles. The molecule has 5 amide bonds. The van der Waals surface area contributed by atoms with Gasteiger partial charge in [-0.15, -0.1) is 0 Å². The van der Waals surface area contributed by atoms with E-state index in [2.05, 4.69) is 10.6 Å². The van der Waals surface area contributed by atoms with Crippen LogP contribution in [0, 0.1) is 5.82 Å². The molecule has 2 rings (SSSR count). The molecule has 1 aromatic rings. The highest BCUT2D eigenvalue weighted by molar-refractivity contribution is 6.02. The predicted molar refractivity (Wildman–Crippen MR) is 104 cm³/mol. The van der Waals surface area contributed by atoms with E-state index in [-0.39, 0.29) is 43.2 Å². The Kier molecular flexibility index (Phi) is 6.78.